The van der Waals surface area contributed by atoms with Crippen molar-refractivity contribution in [2.45, 2.75) is 59.0 Å². The molecule has 0 spiro atoms. The fraction of sp³-hybridized carbons (Fsp3) is 0.476. The molecular formula is C21H27N3O3S. The molecule has 150 valence electrons. The molecule has 3 rings (SSSR count). The Morgan fingerprint density at radius 1 is 1.39 bits per heavy atom. The summed E-state index contributed by atoms with van der Waals surface area (Å²) in [5.41, 5.74) is 2.31. The molecule has 1 aromatic carbocycles. The molecule has 2 amide bonds. The number of benzene rings is 1. The summed E-state index contributed by atoms with van der Waals surface area (Å²) in [6.07, 6.45) is 0.987. The Hall–Kier alpha value is -2.41. The molecule has 2 aromatic rings. The van der Waals surface area contributed by atoms with E-state index in [9.17, 15) is 9.59 Å². The highest BCUT2D eigenvalue weighted by Crippen LogP contribution is 2.38. The van der Waals surface area contributed by atoms with Gasteiger partial charge in [-0.05, 0) is 43.4 Å². The molecule has 0 unspecified atom stereocenters. The quantitative estimate of drug-likeness (QED) is 0.797. The lowest BCUT2D eigenvalue weighted by atomic mass is 9.82. The Morgan fingerprint density at radius 2 is 2.14 bits per heavy atom. The fourth-order valence-electron chi connectivity index (χ4n) is 2.96. The summed E-state index contributed by atoms with van der Waals surface area (Å²) < 4.78 is 5.62. The molecule has 1 aliphatic rings. The number of carbonyl (C=O) groups is 2. The van der Waals surface area contributed by atoms with Crippen molar-refractivity contribution in [3.05, 3.63) is 39.8 Å². The van der Waals surface area contributed by atoms with E-state index in [1.165, 1.54) is 11.3 Å². The monoisotopic (exact) mass is 401 g/mol. The summed E-state index contributed by atoms with van der Waals surface area (Å²) in [4.78, 5) is 30.8. The van der Waals surface area contributed by atoms with Crippen molar-refractivity contribution < 1.29 is 14.3 Å². The number of amides is 2. The van der Waals surface area contributed by atoms with Crippen LogP contribution in [0.2, 0.25) is 0 Å². The summed E-state index contributed by atoms with van der Waals surface area (Å²) in [5.74, 6) is 0.394. The lowest BCUT2D eigenvalue weighted by molar-refractivity contribution is -0.121. The van der Waals surface area contributed by atoms with Crippen LogP contribution in [0.4, 0.5) is 5.69 Å². The molecule has 0 atom stereocenters. The van der Waals surface area contributed by atoms with Gasteiger partial charge in [0.15, 0.2) is 6.61 Å². The second-order valence-electron chi connectivity index (χ2n) is 7.94. The minimum atomic E-state index is -0.196. The number of thiazole rings is 1. The molecule has 0 saturated heterocycles. The van der Waals surface area contributed by atoms with Crippen LogP contribution in [-0.2, 0) is 16.8 Å². The molecule has 0 saturated carbocycles. The predicted molar refractivity (Wildman–Crippen MR) is 111 cm³/mol. The Labute approximate surface area is 169 Å². The van der Waals surface area contributed by atoms with E-state index in [2.05, 4.69) is 37.1 Å². The van der Waals surface area contributed by atoms with Crippen LogP contribution in [0.1, 0.15) is 62.1 Å². The van der Waals surface area contributed by atoms with Gasteiger partial charge >= 0.3 is 0 Å². The van der Waals surface area contributed by atoms with E-state index in [0.29, 0.717) is 18.0 Å². The van der Waals surface area contributed by atoms with Crippen LogP contribution in [0.25, 0.3) is 0 Å². The number of ether oxygens (including phenoxy) is 1. The first-order valence-electron chi connectivity index (χ1n) is 9.54. The molecule has 28 heavy (non-hydrogen) atoms. The minimum absolute atomic E-state index is 0.00445. The maximum absolute atomic E-state index is 12.6. The van der Waals surface area contributed by atoms with Crippen LogP contribution in [0.5, 0.6) is 5.75 Å². The largest absolute Gasteiger partial charge is 0.482 e. The second-order valence-corrected chi connectivity index (χ2v) is 8.89. The van der Waals surface area contributed by atoms with Crippen molar-refractivity contribution in [2.24, 2.45) is 0 Å². The van der Waals surface area contributed by atoms with E-state index in [4.69, 9.17) is 4.74 Å². The average Bonchev–Trinajstić information content (AvgIpc) is 3.12. The molecule has 2 heterocycles. The van der Waals surface area contributed by atoms with Crippen LogP contribution in [0.15, 0.2) is 23.6 Å². The number of hydrogen-bond donors (Lipinski definition) is 1. The molecule has 6 nitrogen and oxygen atoms in total. The molecule has 0 aliphatic carbocycles. The molecule has 0 radical (unpaired) electrons. The molecule has 1 aromatic heterocycles. The van der Waals surface area contributed by atoms with Crippen molar-refractivity contribution in [3.8, 4) is 5.75 Å². The SMILES string of the molecule is CCC(C)(C)c1ccc2c(c1)N(Cc1nc(C(=O)NC(C)C)cs1)C(=O)CO2. The zero-order valence-corrected chi connectivity index (χ0v) is 17.9. The lowest BCUT2D eigenvalue weighted by Crippen LogP contribution is -2.38. The van der Waals surface area contributed by atoms with Gasteiger partial charge in [-0.3, -0.25) is 14.5 Å². The van der Waals surface area contributed by atoms with Gasteiger partial charge in [-0.15, -0.1) is 11.3 Å². The van der Waals surface area contributed by atoms with Gasteiger partial charge in [0.2, 0.25) is 0 Å². The Balaban J connectivity index is 1.87. The van der Waals surface area contributed by atoms with Crippen molar-refractivity contribution in [2.75, 3.05) is 11.5 Å². The first-order chi connectivity index (χ1) is 13.2. The third-order valence-corrected chi connectivity index (χ3v) is 5.90. The predicted octanol–water partition coefficient (Wildman–Crippen LogP) is 3.89. The van der Waals surface area contributed by atoms with Crippen molar-refractivity contribution in [1.82, 2.24) is 10.3 Å². The number of carbonyl (C=O) groups excluding carboxylic acids is 2. The van der Waals surface area contributed by atoms with E-state index in [0.717, 1.165) is 22.7 Å². The number of fused-ring (bicyclic) bond motifs is 1. The Bertz CT molecular complexity index is 889. The molecule has 1 N–H and O–H groups in total. The van der Waals surface area contributed by atoms with Crippen molar-refractivity contribution in [1.29, 1.82) is 0 Å². The summed E-state index contributed by atoms with van der Waals surface area (Å²) in [6.45, 7) is 10.7. The summed E-state index contributed by atoms with van der Waals surface area (Å²) >= 11 is 1.38. The number of aromatic nitrogens is 1. The van der Waals surface area contributed by atoms with Crippen molar-refractivity contribution >= 4 is 28.8 Å². The molecule has 7 heteroatoms. The number of rotatable bonds is 6. The van der Waals surface area contributed by atoms with E-state index in [1.54, 1.807) is 10.3 Å². The van der Waals surface area contributed by atoms with E-state index in [1.807, 2.05) is 26.0 Å². The zero-order chi connectivity index (χ0) is 20.5. The minimum Gasteiger partial charge on any atom is -0.482 e. The number of nitrogens with one attached hydrogen (secondary N) is 1. The number of anilines is 1. The van der Waals surface area contributed by atoms with Gasteiger partial charge in [0.1, 0.15) is 16.5 Å². The summed E-state index contributed by atoms with van der Waals surface area (Å²) in [5, 5.41) is 5.29. The third kappa shape index (κ3) is 4.19. The van der Waals surface area contributed by atoms with Gasteiger partial charge in [0.05, 0.1) is 12.2 Å². The third-order valence-electron chi connectivity index (χ3n) is 5.06. The summed E-state index contributed by atoms with van der Waals surface area (Å²) in [7, 11) is 0. The van der Waals surface area contributed by atoms with Crippen LogP contribution in [0.3, 0.4) is 0 Å². The molecular weight excluding hydrogens is 374 g/mol. The standard InChI is InChI=1S/C21H27N3O3S/c1-6-21(4,5)14-7-8-17-16(9-14)24(19(25)11-27-17)10-18-23-15(12-28-18)20(26)22-13(2)3/h7-9,12-13H,6,10-11H2,1-5H3,(H,22,26). The number of hydrogen-bond acceptors (Lipinski definition) is 5. The van der Waals surface area contributed by atoms with Gasteiger partial charge in [-0.25, -0.2) is 4.98 Å². The van der Waals surface area contributed by atoms with Gasteiger partial charge < -0.3 is 10.1 Å². The van der Waals surface area contributed by atoms with E-state index >= 15 is 0 Å². The van der Waals surface area contributed by atoms with Crippen LogP contribution in [-0.4, -0.2) is 29.4 Å². The first kappa shape index (κ1) is 20.3. The van der Waals surface area contributed by atoms with Crippen LogP contribution < -0.4 is 15.0 Å². The zero-order valence-electron chi connectivity index (χ0n) is 17.0. The Kier molecular flexibility index (Phi) is 5.74. The topological polar surface area (TPSA) is 71.5 Å². The normalized spacial score (nSPS) is 14.1. The summed E-state index contributed by atoms with van der Waals surface area (Å²) in [6, 6.07) is 6.08. The molecule has 0 fully saturated rings. The smallest absolute Gasteiger partial charge is 0.270 e. The Morgan fingerprint density at radius 3 is 2.82 bits per heavy atom. The molecule has 0 bridgehead atoms. The first-order valence-corrected chi connectivity index (χ1v) is 10.4. The van der Waals surface area contributed by atoms with E-state index < -0.39 is 0 Å². The highest BCUT2D eigenvalue weighted by molar-refractivity contribution is 7.09. The maximum Gasteiger partial charge on any atom is 0.270 e. The van der Waals surface area contributed by atoms with Gasteiger partial charge in [-0.1, -0.05) is 26.8 Å². The van der Waals surface area contributed by atoms with E-state index in [-0.39, 0.29) is 29.9 Å². The second kappa shape index (κ2) is 7.91. The average molecular weight is 402 g/mol. The highest BCUT2D eigenvalue weighted by Gasteiger charge is 2.29. The highest BCUT2D eigenvalue weighted by atomic mass is 32.1. The van der Waals surface area contributed by atoms with Crippen LogP contribution >= 0.6 is 11.3 Å². The van der Waals surface area contributed by atoms with Gasteiger partial charge in [-0.2, -0.15) is 0 Å². The van der Waals surface area contributed by atoms with Gasteiger partial charge in [0, 0.05) is 11.4 Å². The maximum atomic E-state index is 12.6. The molecule has 1 aliphatic heterocycles. The van der Waals surface area contributed by atoms with Gasteiger partial charge in [0.25, 0.3) is 11.8 Å². The number of nitrogens with zero attached hydrogens (tertiary/aromatic N) is 2. The fourth-order valence-corrected chi connectivity index (χ4v) is 3.72. The van der Waals surface area contributed by atoms with Crippen LogP contribution in [0, 0.1) is 0 Å². The van der Waals surface area contributed by atoms with Crippen molar-refractivity contribution in [3.63, 3.8) is 0 Å². The lowest BCUT2D eigenvalue weighted by Gasteiger charge is -2.31.